The summed E-state index contributed by atoms with van der Waals surface area (Å²) in [5.41, 5.74) is 2.91. The number of aromatic nitrogens is 1. The van der Waals surface area contributed by atoms with Gasteiger partial charge in [0.15, 0.2) is 5.58 Å². The molecule has 1 aliphatic rings. The van der Waals surface area contributed by atoms with Gasteiger partial charge in [0.1, 0.15) is 5.52 Å². The molecule has 31 heavy (non-hydrogen) atoms. The van der Waals surface area contributed by atoms with Gasteiger partial charge in [-0.2, -0.15) is 4.98 Å². The number of hydrogen-bond donors (Lipinski definition) is 1. The van der Waals surface area contributed by atoms with Crippen molar-refractivity contribution in [1.82, 2.24) is 9.29 Å². The van der Waals surface area contributed by atoms with E-state index < -0.39 is 10.0 Å². The summed E-state index contributed by atoms with van der Waals surface area (Å²) in [6, 6.07) is 13.0. The molecule has 0 aliphatic carbocycles. The van der Waals surface area contributed by atoms with Gasteiger partial charge < -0.3 is 14.6 Å². The zero-order valence-electron chi connectivity index (χ0n) is 17.8. The molecule has 0 saturated carbocycles. The second-order valence-electron chi connectivity index (χ2n) is 7.98. The zero-order chi connectivity index (χ0) is 22.2. The summed E-state index contributed by atoms with van der Waals surface area (Å²) in [5, 5.41) is 2.93. The fourth-order valence-electron chi connectivity index (χ4n) is 3.67. The number of carbonyl (C=O) groups excluding carboxylic acids is 1. The van der Waals surface area contributed by atoms with Crippen LogP contribution in [0.3, 0.4) is 0 Å². The fourth-order valence-corrected chi connectivity index (χ4v) is 4.60. The van der Waals surface area contributed by atoms with Crippen LogP contribution in [0.5, 0.6) is 0 Å². The number of piperidine rings is 1. The average Bonchev–Trinajstić information content (AvgIpc) is 3.19. The van der Waals surface area contributed by atoms with Crippen molar-refractivity contribution in [3.8, 4) is 0 Å². The van der Waals surface area contributed by atoms with Gasteiger partial charge in [0.05, 0.1) is 4.90 Å². The number of anilines is 2. The maximum atomic E-state index is 12.9. The number of para-hydroxylation sites is 2. The minimum atomic E-state index is -3.57. The Kier molecular flexibility index (Phi) is 5.72. The first-order valence-corrected chi connectivity index (χ1v) is 11.6. The number of hydrogen-bond acceptors (Lipinski definition) is 6. The van der Waals surface area contributed by atoms with Crippen LogP contribution in [0.1, 0.15) is 18.4 Å². The highest BCUT2D eigenvalue weighted by Crippen LogP contribution is 2.28. The summed E-state index contributed by atoms with van der Waals surface area (Å²) in [4.78, 5) is 19.6. The largest absolute Gasteiger partial charge is 0.423 e. The summed E-state index contributed by atoms with van der Waals surface area (Å²) in [7, 11) is -0.600. The average molecular weight is 443 g/mol. The molecule has 0 bridgehead atoms. The fraction of sp³-hybridized carbons (Fsp3) is 0.364. The van der Waals surface area contributed by atoms with Crippen LogP contribution in [0.15, 0.2) is 51.8 Å². The van der Waals surface area contributed by atoms with Gasteiger partial charge in [0, 0.05) is 38.8 Å². The minimum absolute atomic E-state index is 0.0975. The number of carbonyl (C=O) groups is 1. The van der Waals surface area contributed by atoms with E-state index in [0.29, 0.717) is 37.6 Å². The summed E-state index contributed by atoms with van der Waals surface area (Å²) >= 11 is 0. The Hall–Kier alpha value is -2.91. The predicted octanol–water partition coefficient (Wildman–Crippen LogP) is 3.24. The van der Waals surface area contributed by atoms with Crippen molar-refractivity contribution < 1.29 is 17.6 Å². The Morgan fingerprint density at radius 3 is 2.55 bits per heavy atom. The van der Waals surface area contributed by atoms with E-state index >= 15 is 0 Å². The molecular formula is C22H26N4O4S. The molecular weight excluding hydrogens is 416 g/mol. The maximum absolute atomic E-state index is 12.9. The van der Waals surface area contributed by atoms with Crippen LogP contribution in [-0.4, -0.2) is 50.8 Å². The van der Waals surface area contributed by atoms with E-state index in [0.717, 1.165) is 21.0 Å². The highest BCUT2D eigenvalue weighted by molar-refractivity contribution is 7.89. The number of benzene rings is 2. The first-order valence-electron chi connectivity index (χ1n) is 10.2. The number of amides is 1. The second-order valence-corrected chi connectivity index (χ2v) is 10.1. The van der Waals surface area contributed by atoms with E-state index in [4.69, 9.17) is 4.42 Å². The molecule has 0 radical (unpaired) electrons. The van der Waals surface area contributed by atoms with Crippen molar-refractivity contribution in [3.05, 3.63) is 48.0 Å². The number of sulfonamides is 1. The van der Waals surface area contributed by atoms with Crippen LogP contribution >= 0.6 is 0 Å². The first kappa shape index (κ1) is 21.3. The summed E-state index contributed by atoms with van der Waals surface area (Å²) in [5.74, 6) is -0.256. The topological polar surface area (TPSA) is 95.8 Å². The molecule has 8 nitrogen and oxygen atoms in total. The van der Waals surface area contributed by atoms with Gasteiger partial charge in [-0.3, -0.25) is 4.79 Å². The first-order chi connectivity index (χ1) is 14.8. The van der Waals surface area contributed by atoms with Gasteiger partial charge in [0.25, 0.3) is 6.01 Å². The van der Waals surface area contributed by atoms with Crippen LogP contribution < -0.4 is 10.2 Å². The third-order valence-electron chi connectivity index (χ3n) is 5.66. The lowest BCUT2D eigenvalue weighted by Gasteiger charge is -2.30. The molecule has 0 spiro atoms. The van der Waals surface area contributed by atoms with Crippen molar-refractivity contribution in [2.45, 2.75) is 24.7 Å². The predicted molar refractivity (Wildman–Crippen MR) is 120 cm³/mol. The smallest absolute Gasteiger partial charge is 0.298 e. The van der Waals surface area contributed by atoms with Crippen molar-refractivity contribution >= 4 is 38.7 Å². The summed E-state index contributed by atoms with van der Waals surface area (Å²) in [6.45, 7) is 3.18. The highest BCUT2D eigenvalue weighted by atomic mass is 32.2. The molecule has 1 saturated heterocycles. The molecule has 0 atom stereocenters. The zero-order valence-corrected chi connectivity index (χ0v) is 18.6. The number of nitrogens with one attached hydrogen (secondary N) is 1. The molecule has 1 amide bonds. The quantitative estimate of drug-likeness (QED) is 0.652. The lowest BCUT2D eigenvalue weighted by Crippen LogP contribution is -2.38. The van der Waals surface area contributed by atoms with E-state index in [1.807, 2.05) is 31.2 Å². The normalized spacial score (nSPS) is 15.5. The van der Waals surface area contributed by atoms with Crippen molar-refractivity contribution in [3.63, 3.8) is 0 Å². The molecule has 1 aromatic heterocycles. The molecule has 1 fully saturated rings. The van der Waals surface area contributed by atoms with Crippen LogP contribution in [0, 0.1) is 12.8 Å². The Morgan fingerprint density at radius 1 is 1.16 bits per heavy atom. The molecule has 2 heterocycles. The standard InChI is InChI=1S/C22H26N4O4S/c1-15-8-9-17(31(28,29)25(2)3)14-19(15)23-21(27)16-10-12-26(13-11-16)22-24-18-6-4-5-7-20(18)30-22/h4-9,14,16H,10-13H2,1-3H3,(H,23,27). The minimum Gasteiger partial charge on any atom is -0.423 e. The highest BCUT2D eigenvalue weighted by Gasteiger charge is 2.28. The molecule has 3 aromatic rings. The number of oxazole rings is 1. The van der Waals surface area contributed by atoms with Crippen LogP contribution in [0.25, 0.3) is 11.1 Å². The Balaban J connectivity index is 1.42. The Morgan fingerprint density at radius 2 is 1.87 bits per heavy atom. The van der Waals surface area contributed by atoms with E-state index in [-0.39, 0.29) is 16.7 Å². The van der Waals surface area contributed by atoms with E-state index in [9.17, 15) is 13.2 Å². The molecule has 2 aromatic carbocycles. The van der Waals surface area contributed by atoms with Gasteiger partial charge >= 0.3 is 0 Å². The van der Waals surface area contributed by atoms with Gasteiger partial charge in [-0.15, -0.1) is 0 Å². The number of rotatable bonds is 5. The van der Waals surface area contributed by atoms with Crippen molar-refractivity contribution in [2.24, 2.45) is 5.92 Å². The number of nitrogens with zero attached hydrogens (tertiary/aromatic N) is 3. The van der Waals surface area contributed by atoms with Crippen LogP contribution in [0.4, 0.5) is 11.7 Å². The second kappa shape index (κ2) is 8.32. The third kappa shape index (κ3) is 4.28. The molecule has 1 N–H and O–H groups in total. The Labute approximate surface area is 181 Å². The van der Waals surface area contributed by atoms with Crippen LogP contribution in [-0.2, 0) is 14.8 Å². The van der Waals surface area contributed by atoms with Crippen molar-refractivity contribution in [2.75, 3.05) is 37.4 Å². The van der Waals surface area contributed by atoms with Gasteiger partial charge in [-0.1, -0.05) is 18.2 Å². The maximum Gasteiger partial charge on any atom is 0.298 e. The summed E-state index contributed by atoms with van der Waals surface area (Å²) in [6.07, 6.45) is 1.33. The molecule has 0 unspecified atom stereocenters. The van der Waals surface area contributed by atoms with Gasteiger partial charge in [-0.05, 0) is 49.6 Å². The van der Waals surface area contributed by atoms with Crippen LogP contribution in [0.2, 0.25) is 0 Å². The van der Waals surface area contributed by atoms with Gasteiger partial charge in [0.2, 0.25) is 15.9 Å². The van der Waals surface area contributed by atoms with E-state index in [1.54, 1.807) is 12.1 Å². The lowest BCUT2D eigenvalue weighted by molar-refractivity contribution is -0.120. The van der Waals surface area contributed by atoms with E-state index in [1.165, 1.54) is 20.2 Å². The molecule has 9 heteroatoms. The Bertz CT molecular complexity index is 1180. The summed E-state index contributed by atoms with van der Waals surface area (Å²) < 4.78 is 31.8. The lowest BCUT2D eigenvalue weighted by atomic mass is 9.96. The molecule has 164 valence electrons. The van der Waals surface area contributed by atoms with Crippen molar-refractivity contribution in [1.29, 1.82) is 0 Å². The third-order valence-corrected chi connectivity index (χ3v) is 7.48. The number of fused-ring (bicyclic) bond motifs is 1. The SMILES string of the molecule is Cc1ccc(S(=O)(=O)N(C)C)cc1NC(=O)C1CCN(c2nc3ccccc3o2)CC1. The molecule has 1 aliphatic heterocycles. The monoisotopic (exact) mass is 442 g/mol. The number of aryl methyl sites for hydroxylation is 1. The molecule has 4 rings (SSSR count). The van der Waals surface area contributed by atoms with Gasteiger partial charge in [-0.25, -0.2) is 12.7 Å². The van der Waals surface area contributed by atoms with E-state index in [2.05, 4.69) is 15.2 Å².